The van der Waals surface area contributed by atoms with Gasteiger partial charge in [-0.1, -0.05) is 12.1 Å². The fourth-order valence-corrected chi connectivity index (χ4v) is 2.60. The molecular weight excluding hydrogens is 276 g/mol. The number of benzene rings is 2. The van der Waals surface area contributed by atoms with Gasteiger partial charge in [-0.15, -0.1) is 0 Å². The van der Waals surface area contributed by atoms with Gasteiger partial charge in [0.05, 0.1) is 12.7 Å². The van der Waals surface area contributed by atoms with Crippen molar-refractivity contribution in [3.63, 3.8) is 0 Å². The molecule has 110 valence electrons. The molecule has 2 aromatic carbocycles. The molecule has 1 aliphatic heterocycles. The molecule has 0 amide bonds. The van der Waals surface area contributed by atoms with Crippen LogP contribution in [-0.4, -0.2) is 7.11 Å². The van der Waals surface area contributed by atoms with Crippen molar-refractivity contribution in [2.75, 3.05) is 7.11 Å². The Balaban J connectivity index is 2.01. The first-order chi connectivity index (χ1) is 10.1. The molecular formula is C16H15F2NO2. The fraction of sp³-hybridized carbons (Fsp3) is 0.250. The molecule has 0 bridgehead atoms. The van der Waals surface area contributed by atoms with Crippen LogP contribution >= 0.6 is 0 Å². The Morgan fingerprint density at radius 2 is 1.90 bits per heavy atom. The van der Waals surface area contributed by atoms with Crippen molar-refractivity contribution in [1.82, 2.24) is 0 Å². The molecule has 2 aromatic rings. The van der Waals surface area contributed by atoms with E-state index in [-0.39, 0.29) is 11.6 Å². The smallest absolute Gasteiger partial charge is 0.133 e. The first kappa shape index (κ1) is 13.8. The van der Waals surface area contributed by atoms with Crippen molar-refractivity contribution in [2.24, 2.45) is 5.73 Å². The van der Waals surface area contributed by atoms with E-state index >= 15 is 0 Å². The number of nitrogens with two attached hydrogens (primary N) is 1. The molecule has 0 saturated heterocycles. The van der Waals surface area contributed by atoms with Crippen molar-refractivity contribution in [3.8, 4) is 11.5 Å². The fourth-order valence-electron chi connectivity index (χ4n) is 2.60. The third-order valence-corrected chi connectivity index (χ3v) is 3.68. The van der Waals surface area contributed by atoms with Crippen LogP contribution < -0.4 is 15.2 Å². The van der Waals surface area contributed by atoms with Gasteiger partial charge in [0.15, 0.2) is 0 Å². The van der Waals surface area contributed by atoms with E-state index in [4.69, 9.17) is 15.2 Å². The van der Waals surface area contributed by atoms with Crippen LogP contribution in [0.4, 0.5) is 8.78 Å². The Labute approximate surface area is 121 Å². The zero-order valence-corrected chi connectivity index (χ0v) is 11.5. The molecule has 0 aliphatic carbocycles. The van der Waals surface area contributed by atoms with Crippen LogP contribution in [0.3, 0.4) is 0 Å². The lowest BCUT2D eigenvalue weighted by Gasteiger charge is -2.31. The maximum atomic E-state index is 13.9. The van der Waals surface area contributed by atoms with Gasteiger partial charge >= 0.3 is 0 Å². The van der Waals surface area contributed by atoms with Gasteiger partial charge in [-0.3, -0.25) is 0 Å². The van der Waals surface area contributed by atoms with Gasteiger partial charge in [0.1, 0.15) is 29.2 Å². The zero-order chi connectivity index (χ0) is 15.0. The van der Waals surface area contributed by atoms with Gasteiger partial charge < -0.3 is 15.2 Å². The third kappa shape index (κ3) is 2.45. The van der Waals surface area contributed by atoms with Crippen molar-refractivity contribution < 1.29 is 18.3 Å². The molecule has 1 aliphatic rings. The molecule has 0 radical (unpaired) electrons. The van der Waals surface area contributed by atoms with E-state index in [0.717, 1.165) is 5.56 Å². The second-order valence-electron chi connectivity index (χ2n) is 4.99. The van der Waals surface area contributed by atoms with E-state index in [1.54, 1.807) is 19.2 Å². The molecule has 1 unspecified atom stereocenters. The molecule has 0 spiro atoms. The lowest BCUT2D eigenvalue weighted by molar-refractivity contribution is 0.152. The minimum Gasteiger partial charge on any atom is -0.497 e. The summed E-state index contributed by atoms with van der Waals surface area (Å²) in [5.41, 5.74) is 6.83. The van der Waals surface area contributed by atoms with Crippen LogP contribution in [-0.2, 0) is 0 Å². The van der Waals surface area contributed by atoms with Gasteiger partial charge in [-0.05, 0) is 18.2 Å². The predicted molar refractivity (Wildman–Crippen MR) is 74.3 cm³/mol. The Hall–Kier alpha value is -2.14. The monoisotopic (exact) mass is 291 g/mol. The molecule has 3 rings (SSSR count). The van der Waals surface area contributed by atoms with E-state index in [1.165, 1.54) is 18.2 Å². The molecule has 0 aromatic heterocycles. The SMILES string of the molecule is COc1ccc2c(c1)OC(c1c(F)cccc1F)C[C@@H]2N. The second kappa shape index (κ2) is 5.33. The minimum absolute atomic E-state index is 0.0820. The molecule has 2 N–H and O–H groups in total. The number of methoxy groups -OCH3 is 1. The van der Waals surface area contributed by atoms with E-state index in [9.17, 15) is 8.78 Å². The summed E-state index contributed by atoms with van der Waals surface area (Å²) in [6.45, 7) is 0. The van der Waals surface area contributed by atoms with Crippen molar-refractivity contribution in [1.29, 1.82) is 0 Å². The number of rotatable bonds is 2. The van der Waals surface area contributed by atoms with Crippen LogP contribution in [0.1, 0.15) is 29.7 Å². The maximum absolute atomic E-state index is 13.9. The summed E-state index contributed by atoms with van der Waals surface area (Å²) in [5, 5.41) is 0. The quantitative estimate of drug-likeness (QED) is 0.921. The molecule has 0 fully saturated rings. The van der Waals surface area contributed by atoms with Crippen molar-refractivity contribution >= 4 is 0 Å². The Bertz CT molecular complexity index is 655. The van der Waals surface area contributed by atoms with Gasteiger partial charge in [0, 0.05) is 24.1 Å². The Kier molecular flexibility index (Phi) is 3.51. The number of ether oxygens (including phenoxy) is 2. The molecule has 3 nitrogen and oxygen atoms in total. The lowest BCUT2D eigenvalue weighted by Crippen LogP contribution is -2.25. The van der Waals surface area contributed by atoms with Gasteiger partial charge in [-0.25, -0.2) is 8.78 Å². The van der Waals surface area contributed by atoms with E-state index in [1.807, 2.05) is 6.07 Å². The normalized spacial score (nSPS) is 20.6. The summed E-state index contributed by atoms with van der Waals surface area (Å²) >= 11 is 0. The number of halogens is 2. The first-order valence-corrected chi connectivity index (χ1v) is 6.64. The Morgan fingerprint density at radius 1 is 1.19 bits per heavy atom. The second-order valence-corrected chi connectivity index (χ2v) is 4.99. The van der Waals surface area contributed by atoms with E-state index < -0.39 is 17.7 Å². The molecule has 21 heavy (non-hydrogen) atoms. The summed E-state index contributed by atoms with van der Waals surface area (Å²) in [6.07, 6.45) is -0.433. The lowest BCUT2D eigenvalue weighted by atomic mass is 9.93. The van der Waals surface area contributed by atoms with Crippen LogP contribution in [0.25, 0.3) is 0 Å². The number of fused-ring (bicyclic) bond motifs is 1. The van der Waals surface area contributed by atoms with Crippen molar-refractivity contribution in [3.05, 3.63) is 59.2 Å². The molecule has 0 saturated carbocycles. The summed E-state index contributed by atoms with van der Waals surface area (Å²) in [5.74, 6) is -0.145. The highest BCUT2D eigenvalue weighted by Crippen LogP contribution is 2.42. The van der Waals surface area contributed by atoms with Gasteiger partial charge in [0.25, 0.3) is 0 Å². The average molecular weight is 291 g/mol. The summed E-state index contributed by atoms with van der Waals surface area (Å²) in [6, 6.07) is 8.69. The highest BCUT2D eigenvalue weighted by atomic mass is 19.1. The minimum atomic E-state index is -0.749. The van der Waals surface area contributed by atoms with Crippen LogP contribution in [0.2, 0.25) is 0 Å². The van der Waals surface area contributed by atoms with Crippen LogP contribution in [0.15, 0.2) is 36.4 Å². The predicted octanol–water partition coefficient (Wildman–Crippen LogP) is 3.50. The van der Waals surface area contributed by atoms with E-state index in [2.05, 4.69) is 0 Å². The average Bonchev–Trinajstić information content (AvgIpc) is 2.46. The standard InChI is InChI=1S/C16H15F2NO2/c1-20-9-5-6-10-13(19)8-15(21-14(10)7-9)16-11(17)3-2-4-12(16)18/h2-7,13,15H,8,19H2,1H3/t13-,15?/m0/s1. The molecule has 2 atom stereocenters. The van der Waals surface area contributed by atoms with Crippen LogP contribution in [0.5, 0.6) is 11.5 Å². The molecule has 5 heteroatoms. The van der Waals surface area contributed by atoms with E-state index in [0.29, 0.717) is 17.9 Å². The number of hydrogen-bond donors (Lipinski definition) is 1. The highest BCUT2D eigenvalue weighted by Gasteiger charge is 2.31. The topological polar surface area (TPSA) is 44.5 Å². The Morgan fingerprint density at radius 3 is 2.57 bits per heavy atom. The van der Waals surface area contributed by atoms with Gasteiger partial charge in [0.2, 0.25) is 0 Å². The van der Waals surface area contributed by atoms with Gasteiger partial charge in [-0.2, -0.15) is 0 Å². The van der Waals surface area contributed by atoms with Crippen LogP contribution in [0, 0.1) is 11.6 Å². The third-order valence-electron chi connectivity index (χ3n) is 3.68. The summed E-state index contributed by atoms with van der Waals surface area (Å²) in [4.78, 5) is 0. The van der Waals surface area contributed by atoms with Crippen molar-refractivity contribution in [2.45, 2.75) is 18.6 Å². The maximum Gasteiger partial charge on any atom is 0.133 e. The first-order valence-electron chi connectivity index (χ1n) is 6.64. The largest absolute Gasteiger partial charge is 0.497 e. The summed E-state index contributed by atoms with van der Waals surface area (Å²) < 4.78 is 38.7. The number of hydrogen-bond acceptors (Lipinski definition) is 3. The summed E-state index contributed by atoms with van der Waals surface area (Å²) in [7, 11) is 1.54. The highest BCUT2D eigenvalue weighted by molar-refractivity contribution is 5.44. The zero-order valence-electron chi connectivity index (χ0n) is 11.5. The molecule has 1 heterocycles.